The predicted octanol–water partition coefficient (Wildman–Crippen LogP) is 2.92. The van der Waals surface area contributed by atoms with Gasteiger partial charge in [0.2, 0.25) is 0 Å². The number of aryl methyl sites for hydroxylation is 1. The van der Waals surface area contributed by atoms with Crippen LogP contribution in [0.15, 0.2) is 23.0 Å². The Morgan fingerprint density at radius 1 is 1.47 bits per heavy atom. The Morgan fingerprint density at radius 3 is 3.21 bits per heavy atom. The van der Waals surface area contributed by atoms with Crippen molar-refractivity contribution in [3.8, 4) is 11.4 Å². The lowest BCUT2D eigenvalue weighted by molar-refractivity contribution is 0.425. The van der Waals surface area contributed by atoms with Gasteiger partial charge in [-0.3, -0.25) is 0 Å². The third-order valence-electron chi connectivity index (χ3n) is 3.71. The first-order chi connectivity index (χ1) is 9.36. The Bertz CT molecular complexity index is 536. The molecule has 2 heterocycles. The van der Waals surface area contributed by atoms with Crippen LogP contribution in [0.5, 0.6) is 0 Å². The van der Waals surface area contributed by atoms with Crippen LogP contribution >= 0.6 is 11.3 Å². The van der Waals surface area contributed by atoms with Crippen LogP contribution in [0.25, 0.3) is 11.4 Å². The van der Waals surface area contributed by atoms with Gasteiger partial charge in [-0.05, 0) is 55.3 Å². The molecule has 1 aliphatic carbocycles. The molecule has 2 aromatic rings. The van der Waals surface area contributed by atoms with Crippen molar-refractivity contribution in [3.63, 3.8) is 0 Å². The molecule has 100 valence electrons. The van der Waals surface area contributed by atoms with Gasteiger partial charge in [0.15, 0.2) is 5.82 Å². The van der Waals surface area contributed by atoms with Gasteiger partial charge in [-0.2, -0.15) is 11.3 Å². The van der Waals surface area contributed by atoms with Crippen LogP contribution in [0.1, 0.15) is 24.6 Å². The molecule has 0 saturated carbocycles. The van der Waals surface area contributed by atoms with E-state index in [-0.39, 0.29) is 0 Å². The molecule has 1 aliphatic rings. The number of thiophene rings is 1. The summed E-state index contributed by atoms with van der Waals surface area (Å²) < 4.78 is 0. The van der Waals surface area contributed by atoms with Crippen molar-refractivity contribution in [1.29, 1.82) is 0 Å². The van der Waals surface area contributed by atoms with Crippen molar-refractivity contribution >= 4 is 11.3 Å². The molecule has 1 unspecified atom stereocenters. The summed E-state index contributed by atoms with van der Waals surface area (Å²) in [4.78, 5) is 9.27. The van der Waals surface area contributed by atoms with Crippen LogP contribution in [0.4, 0.5) is 0 Å². The third-order valence-corrected chi connectivity index (χ3v) is 4.40. The monoisotopic (exact) mass is 273 g/mol. The fourth-order valence-electron chi connectivity index (χ4n) is 2.64. The van der Waals surface area contributed by atoms with Crippen molar-refractivity contribution in [2.45, 2.75) is 26.2 Å². The summed E-state index contributed by atoms with van der Waals surface area (Å²) in [6.45, 7) is 4.33. The first-order valence-electron chi connectivity index (χ1n) is 6.95. The smallest absolute Gasteiger partial charge is 0.160 e. The minimum absolute atomic E-state index is 0.739. The molecule has 3 nitrogen and oxygen atoms in total. The Balaban J connectivity index is 1.77. The van der Waals surface area contributed by atoms with E-state index in [1.807, 2.05) is 6.20 Å². The van der Waals surface area contributed by atoms with E-state index in [9.17, 15) is 0 Å². The quantitative estimate of drug-likeness (QED) is 0.930. The van der Waals surface area contributed by atoms with E-state index in [0.717, 1.165) is 43.2 Å². The average Bonchev–Trinajstić information content (AvgIpc) is 2.98. The highest BCUT2D eigenvalue weighted by Crippen LogP contribution is 2.26. The number of fused-ring (bicyclic) bond motifs is 1. The van der Waals surface area contributed by atoms with Crippen LogP contribution in [-0.2, 0) is 12.8 Å². The summed E-state index contributed by atoms with van der Waals surface area (Å²) in [5, 5.41) is 7.63. The molecule has 0 aliphatic heterocycles. The molecule has 0 saturated heterocycles. The summed E-state index contributed by atoms with van der Waals surface area (Å²) >= 11 is 1.69. The molecule has 4 heteroatoms. The molecule has 0 fully saturated rings. The van der Waals surface area contributed by atoms with Crippen molar-refractivity contribution < 1.29 is 0 Å². The topological polar surface area (TPSA) is 37.8 Å². The maximum atomic E-state index is 4.75. The lowest BCUT2D eigenvalue weighted by Gasteiger charge is -2.23. The first kappa shape index (κ1) is 12.8. The minimum Gasteiger partial charge on any atom is -0.317 e. The zero-order chi connectivity index (χ0) is 13.1. The number of hydrogen-bond donors (Lipinski definition) is 1. The van der Waals surface area contributed by atoms with Gasteiger partial charge in [0.25, 0.3) is 0 Å². The highest BCUT2D eigenvalue weighted by atomic mass is 32.1. The molecular formula is C15H19N3S. The van der Waals surface area contributed by atoms with E-state index in [1.54, 1.807) is 11.3 Å². The van der Waals surface area contributed by atoms with Crippen LogP contribution < -0.4 is 5.32 Å². The standard InChI is InChI=1S/C15H19N3S/c1-2-16-8-11-3-4-14-13(7-11)9-17-15(18-14)12-5-6-19-10-12/h5-6,9-11,16H,2-4,7-8H2,1H3. The van der Waals surface area contributed by atoms with Gasteiger partial charge >= 0.3 is 0 Å². The first-order valence-corrected chi connectivity index (χ1v) is 7.89. The molecule has 0 radical (unpaired) electrons. The molecule has 0 spiro atoms. The van der Waals surface area contributed by atoms with Crippen molar-refractivity contribution in [3.05, 3.63) is 34.3 Å². The molecule has 1 atom stereocenters. The summed E-state index contributed by atoms with van der Waals surface area (Å²) in [6, 6.07) is 2.09. The number of nitrogens with zero attached hydrogens (tertiary/aromatic N) is 2. The number of nitrogens with one attached hydrogen (secondary N) is 1. The average molecular weight is 273 g/mol. The Morgan fingerprint density at radius 2 is 2.42 bits per heavy atom. The number of rotatable bonds is 4. The molecule has 1 N–H and O–H groups in total. The van der Waals surface area contributed by atoms with Crippen LogP contribution in [-0.4, -0.2) is 23.1 Å². The van der Waals surface area contributed by atoms with E-state index in [1.165, 1.54) is 17.7 Å². The second-order valence-electron chi connectivity index (χ2n) is 5.09. The van der Waals surface area contributed by atoms with E-state index >= 15 is 0 Å². The molecule has 3 rings (SSSR count). The number of aromatic nitrogens is 2. The molecule has 19 heavy (non-hydrogen) atoms. The molecule has 2 aromatic heterocycles. The van der Waals surface area contributed by atoms with Crippen LogP contribution in [0.3, 0.4) is 0 Å². The van der Waals surface area contributed by atoms with Gasteiger partial charge in [-0.1, -0.05) is 6.92 Å². The van der Waals surface area contributed by atoms with E-state index in [4.69, 9.17) is 4.98 Å². The van der Waals surface area contributed by atoms with E-state index in [2.05, 4.69) is 34.1 Å². The summed E-state index contributed by atoms with van der Waals surface area (Å²) in [7, 11) is 0. The molecule has 0 bridgehead atoms. The Hall–Kier alpha value is -1.26. The van der Waals surface area contributed by atoms with Gasteiger partial charge in [0.1, 0.15) is 0 Å². The van der Waals surface area contributed by atoms with Crippen molar-refractivity contribution in [2.24, 2.45) is 5.92 Å². The predicted molar refractivity (Wildman–Crippen MR) is 79.4 cm³/mol. The van der Waals surface area contributed by atoms with E-state index < -0.39 is 0 Å². The lowest BCUT2D eigenvalue weighted by atomic mass is 9.87. The summed E-state index contributed by atoms with van der Waals surface area (Å²) in [5.74, 6) is 1.62. The molecule has 0 amide bonds. The minimum atomic E-state index is 0.739. The zero-order valence-electron chi connectivity index (χ0n) is 11.2. The van der Waals surface area contributed by atoms with E-state index in [0.29, 0.717) is 0 Å². The van der Waals surface area contributed by atoms with Crippen LogP contribution in [0.2, 0.25) is 0 Å². The fourth-order valence-corrected chi connectivity index (χ4v) is 3.27. The molecular weight excluding hydrogens is 254 g/mol. The second-order valence-corrected chi connectivity index (χ2v) is 5.87. The molecule has 0 aromatic carbocycles. The van der Waals surface area contributed by atoms with Gasteiger partial charge in [0, 0.05) is 22.8 Å². The maximum Gasteiger partial charge on any atom is 0.160 e. The van der Waals surface area contributed by atoms with Crippen molar-refractivity contribution in [1.82, 2.24) is 15.3 Å². The maximum absolute atomic E-state index is 4.75. The summed E-state index contributed by atoms with van der Waals surface area (Å²) in [5.41, 5.74) is 3.74. The Labute approximate surface area is 118 Å². The van der Waals surface area contributed by atoms with Crippen molar-refractivity contribution in [2.75, 3.05) is 13.1 Å². The second kappa shape index (κ2) is 5.80. The highest BCUT2D eigenvalue weighted by Gasteiger charge is 2.20. The Kier molecular flexibility index (Phi) is 3.89. The summed E-state index contributed by atoms with van der Waals surface area (Å²) in [6.07, 6.45) is 5.48. The van der Waals surface area contributed by atoms with Crippen LogP contribution in [0, 0.1) is 5.92 Å². The largest absolute Gasteiger partial charge is 0.317 e. The van der Waals surface area contributed by atoms with Gasteiger partial charge in [0.05, 0.1) is 0 Å². The normalized spacial score (nSPS) is 18.3. The van der Waals surface area contributed by atoms with Gasteiger partial charge in [-0.15, -0.1) is 0 Å². The lowest BCUT2D eigenvalue weighted by Crippen LogP contribution is -2.27. The van der Waals surface area contributed by atoms with Gasteiger partial charge < -0.3 is 5.32 Å². The highest BCUT2D eigenvalue weighted by molar-refractivity contribution is 7.08. The number of hydrogen-bond acceptors (Lipinski definition) is 4. The SMILES string of the molecule is CCNCC1CCc2nc(-c3ccsc3)ncc2C1. The zero-order valence-corrected chi connectivity index (χ0v) is 12.0. The third kappa shape index (κ3) is 2.85. The van der Waals surface area contributed by atoms with Gasteiger partial charge in [-0.25, -0.2) is 9.97 Å². The fraction of sp³-hybridized carbons (Fsp3) is 0.467.